The van der Waals surface area contributed by atoms with Crippen molar-refractivity contribution in [2.24, 2.45) is 0 Å². The Balaban J connectivity index is 1.68. The van der Waals surface area contributed by atoms with Gasteiger partial charge in [-0.1, -0.05) is 18.2 Å². The molecule has 0 saturated carbocycles. The first-order valence-corrected chi connectivity index (χ1v) is 7.36. The summed E-state index contributed by atoms with van der Waals surface area (Å²) in [5.41, 5.74) is 1.58. The fraction of sp³-hybridized carbons (Fsp3) is 0.222. The Hall–Kier alpha value is -2.89. The lowest BCUT2D eigenvalue weighted by atomic mass is 9.99. The van der Waals surface area contributed by atoms with Crippen LogP contribution in [0.4, 0.5) is 4.39 Å². The summed E-state index contributed by atoms with van der Waals surface area (Å²) in [6.07, 6.45) is -0.756. The number of hydrogen-bond acceptors (Lipinski definition) is 5. The van der Waals surface area contributed by atoms with Gasteiger partial charge in [-0.15, -0.1) is 0 Å². The molecule has 0 aliphatic carbocycles. The summed E-state index contributed by atoms with van der Waals surface area (Å²) in [7, 11) is 1.44. The van der Waals surface area contributed by atoms with Crippen LogP contribution in [0.1, 0.15) is 21.5 Å². The second kappa shape index (κ2) is 6.70. The molecule has 2 aromatic carbocycles. The zero-order valence-electron chi connectivity index (χ0n) is 13.0. The number of carbonyl (C=O) groups excluding carboxylic acids is 2. The van der Waals surface area contributed by atoms with Crippen LogP contribution in [-0.2, 0) is 27.3 Å². The third-order valence-corrected chi connectivity index (χ3v) is 3.77. The van der Waals surface area contributed by atoms with Crippen molar-refractivity contribution in [3.8, 4) is 5.75 Å². The molecule has 3 rings (SSSR count). The van der Waals surface area contributed by atoms with Crippen LogP contribution >= 0.6 is 0 Å². The quantitative estimate of drug-likeness (QED) is 0.807. The molecule has 0 amide bonds. The van der Waals surface area contributed by atoms with Crippen molar-refractivity contribution in [2.75, 3.05) is 7.11 Å². The molecule has 0 saturated heterocycles. The highest BCUT2D eigenvalue weighted by molar-refractivity contribution is 5.94. The summed E-state index contributed by atoms with van der Waals surface area (Å²) in [5, 5.41) is 0. The number of hydrogen-bond donors (Lipinski definition) is 0. The third-order valence-electron chi connectivity index (χ3n) is 3.77. The second-order valence-corrected chi connectivity index (χ2v) is 5.32. The first-order valence-electron chi connectivity index (χ1n) is 7.36. The van der Waals surface area contributed by atoms with E-state index in [1.54, 1.807) is 24.3 Å². The molecule has 0 fully saturated rings. The lowest BCUT2D eigenvalue weighted by molar-refractivity contribution is -0.155. The van der Waals surface area contributed by atoms with Crippen LogP contribution in [-0.4, -0.2) is 25.2 Å². The Morgan fingerprint density at radius 3 is 2.88 bits per heavy atom. The highest BCUT2D eigenvalue weighted by Crippen LogP contribution is 2.23. The fourth-order valence-electron chi connectivity index (χ4n) is 2.56. The third kappa shape index (κ3) is 3.22. The molecular formula is C18H15FO5. The van der Waals surface area contributed by atoms with Crippen molar-refractivity contribution in [1.82, 2.24) is 0 Å². The lowest BCUT2D eigenvalue weighted by Crippen LogP contribution is -2.35. The van der Waals surface area contributed by atoms with Gasteiger partial charge in [0.25, 0.3) is 0 Å². The van der Waals surface area contributed by atoms with Gasteiger partial charge in [-0.2, -0.15) is 0 Å². The minimum Gasteiger partial charge on any atom is -0.496 e. The van der Waals surface area contributed by atoms with Crippen molar-refractivity contribution in [1.29, 1.82) is 0 Å². The monoisotopic (exact) mass is 330 g/mol. The van der Waals surface area contributed by atoms with E-state index in [0.717, 1.165) is 5.56 Å². The number of fused-ring (bicyclic) bond motifs is 1. The van der Waals surface area contributed by atoms with E-state index in [9.17, 15) is 14.0 Å². The molecule has 1 heterocycles. The number of methoxy groups -OCH3 is 1. The number of carbonyl (C=O) groups is 2. The van der Waals surface area contributed by atoms with Gasteiger partial charge in [-0.05, 0) is 29.8 Å². The highest BCUT2D eigenvalue weighted by Gasteiger charge is 2.32. The zero-order valence-corrected chi connectivity index (χ0v) is 13.0. The average Bonchev–Trinajstić information content (AvgIpc) is 2.59. The Morgan fingerprint density at radius 2 is 2.08 bits per heavy atom. The molecule has 24 heavy (non-hydrogen) atoms. The van der Waals surface area contributed by atoms with Crippen LogP contribution in [0.25, 0.3) is 0 Å². The summed E-state index contributed by atoms with van der Waals surface area (Å²) in [6.45, 7) is -0.171. The average molecular weight is 330 g/mol. The van der Waals surface area contributed by atoms with Crippen molar-refractivity contribution in [3.05, 3.63) is 65.0 Å². The van der Waals surface area contributed by atoms with Gasteiger partial charge in [0.05, 0.1) is 12.7 Å². The topological polar surface area (TPSA) is 61.8 Å². The van der Waals surface area contributed by atoms with Gasteiger partial charge in [0.2, 0.25) is 6.10 Å². The molecular weight excluding hydrogens is 315 g/mol. The molecule has 0 aromatic heterocycles. The first kappa shape index (κ1) is 16.0. The Kier molecular flexibility index (Phi) is 4.46. The van der Waals surface area contributed by atoms with Crippen molar-refractivity contribution in [3.63, 3.8) is 0 Å². The largest absolute Gasteiger partial charge is 0.496 e. The van der Waals surface area contributed by atoms with Gasteiger partial charge in [0, 0.05) is 12.0 Å². The standard InChI is InChI=1S/C18H15FO5/c1-22-15-7-6-13(19)8-12(15)10-23-18(21)16-9-11-4-2-3-5-14(11)17(20)24-16/h2-8,16H,9-10H2,1H3/t16-/m1/s1. The highest BCUT2D eigenvalue weighted by atomic mass is 19.1. The SMILES string of the molecule is COc1ccc(F)cc1COC(=O)[C@H]1Cc2ccccc2C(=O)O1. The summed E-state index contributed by atoms with van der Waals surface area (Å²) in [4.78, 5) is 24.1. The maximum absolute atomic E-state index is 13.3. The molecule has 0 radical (unpaired) electrons. The summed E-state index contributed by atoms with van der Waals surface area (Å²) in [6, 6.07) is 10.9. The van der Waals surface area contributed by atoms with E-state index in [-0.39, 0.29) is 13.0 Å². The van der Waals surface area contributed by atoms with Crippen LogP contribution in [0, 0.1) is 5.82 Å². The Labute approximate surface area is 138 Å². The molecule has 1 aliphatic rings. The molecule has 0 bridgehead atoms. The predicted octanol–water partition coefficient (Wildman–Crippen LogP) is 2.66. The smallest absolute Gasteiger partial charge is 0.348 e. The van der Waals surface area contributed by atoms with E-state index in [4.69, 9.17) is 14.2 Å². The molecule has 124 valence electrons. The molecule has 0 unspecified atom stereocenters. The normalized spacial score (nSPS) is 16.1. The summed E-state index contributed by atoms with van der Waals surface area (Å²) < 4.78 is 28.7. The zero-order chi connectivity index (χ0) is 17.1. The van der Waals surface area contributed by atoms with Crippen LogP contribution in [0.3, 0.4) is 0 Å². The van der Waals surface area contributed by atoms with Crippen LogP contribution in [0.15, 0.2) is 42.5 Å². The molecule has 1 aliphatic heterocycles. The van der Waals surface area contributed by atoms with Gasteiger partial charge in [-0.25, -0.2) is 14.0 Å². The predicted molar refractivity (Wildman–Crippen MR) is 82.1 cm³/mol. The number of cyclic esters (lactones) is 1. The molecule has 2 aromatic rings. The minimum atomic E-state index is -1.01. The van der Waals surface area contributed by atoms with E-state index >= 15 is 0 Å². The molecule has 6 heteroatoms. The minimum absolute atomic E-state index is 0.171. The van der Waals surface area contributed by atoms with E-state index in [0.29, 0.717) is 16.9 Å². The molecule has 1 atom stereocenters. The molecule has 0 N–H and O–H groups in total. The van der Waals surface area contributed by atoms with Crippen molar-refractivity contribution < 1.29 is 28.2 Å². The second-order valence-electron chi connectivity index (χ2n) is 5.32. The summed E-state index contributed by atoms with van der Waals surface area (Å²) in [5.74, 6) is -1.28. The summed E-state index contributed by atoms with van der Waals surface area (Å²) >= 11 is 0. The van der Waals surface area contributed by atoms with Gasteiger partial charge < -0.3 is 14.2 Å². The number of benzene rings is 2. The molecule has 5 nitrogen and oxygen atoms in total. The number of ether oxygens (including phenoxy) is 3. The van der Waals surface area contributed by atoms with Gasteiger partial charge in [0.1, 0.15) is 18.2 Å². The number of halogens is 1. The maximum Gasteiger partial charge on any atom is 0.348 e. The number of rotatable bonds is 4. The van der Waals surface area contributed by atoms with Gasteiger partial charge in [-0.3, -0.25) is 0 Å². The lowest BCUT2D eigenvalue weighted by Gasteiger charge is -2.23. The maximum atomic E-state index is 13.3. The van der Waals surface area contributed by atoms with E-state index in [1.807, 2.05) is 0 Å². The van der Waals surface area contributed by atoms with Crippen LogP contribution < -0.4 is 4.74 Å². The van der Waals surface area contributed by atoms with E-state index in [1.165, 1.54) is 25.3 Å². The fourth-order valence-corrected chi connectivity index (χ4v) is 2.56. The van der Waals surface area contributed by atoms with Crippen LogP contribution in [0.5, 0.6) is 5.75 Å². The first-order chi connectivity index (χ1) is 11.6. The van der Waals surface area contributed by atoms with E-state index in [2.05, 4.69) is 0 Å². The Bertz CT molecular complexity index is 787. The van der Waals surface area contributed by atoms with E-state index < -0.39 is 23.9 Å². The molecule has 0 spiro atoms. The Morgan fingerprint density at radius 1 is 1.29 bits per heavy atom. The van der Waals surface area contributed by atoms with Gasteiger partial charge in [0.15, 0.2) is 0 Å². The number of esters is 2. The van der Waals surface area contributed by atoms with Gasteiger partial charge >= 0.3 is 11.9 Å². The van der Waals surface area contributed by atoms with Crippen molar-refractivity contribution in [2.45, 2.75) is 19.1 Å². The van der Waals surface area contributed by atoms with Crippen LogP contribution in [0.2, 0.25) is 0 Å². The van der Waals surface area contributed by atoms with Crippen molar-refractivity contribution >= 4 is 11.9 Å².